The molecule has 19 heavy (non-hydrogen) atoms. The molecule has 1 N–H and O–H groups in total. The van der Waals surface area contributed by atoms with Gasteiger partial charge in [0.05, 0.1) is 23.7 Å². The first-order valence-corrected chi connectivity index (χ1v) is 6.96. The molecule has 2 heterocycles. The van der Waals surface area contributed by atoms with Crippen molar-refractivity contribution in [2.45, 2.75) is 40.2 Å². The van der Waals surface area contributed by atoms with Crippen LogP contribution in [0.5, 0.6) is 0 Å². The average molecular weight is 260 g/mol. The Morgan fingerprint density at radius 3 is 2.47 bits per heavy atom. The van der Waals surface area contributed by atoms with Gasteiger partial charge in [0, 0.05) is 13.1 Å². The van der Waals surface area contributed by atoms with Gasteiger partial charge in [-0.05, 0) is 30.9 Å². The molecule has 2 rings (SSSR count). The Hall–Kier alpha value is -1.35. The predicted molar refractivity (Wildman–Crippen MR) is 79.2 cm³/mol. The molecule has 3 nitrogen and oxygen atoms in total. The minimum Gasteiger partial charge on any atom is -0.387 e. The van der Waals surface area contributed by atoms with Crippen molar-refractivity contribution in [1.29, 1.82) is 0 Å². The molecule has 0 fully saturated rings. The van der Waals surface area contributed by atoms with Gasteiger partial charge in [-0.3, -0.25) is 4.98 Å². The monoisotopic (exact) mass is 260 g/mol. The standard InChI is InChI=1S/C16H24N2O/c1-12(19)15-6-5-14(11-17-15)18-9-7-13(8-10-18)16(2,3)4/h5-7,11-12,19H,8-10H2,1-4H3. The minimum absolute atomic E-state index is 0.278. The van der Waals surface area contributed by atoms with Gasteiger partial charge in [-0.1, -0.05) is 32.4 Å². The lowest BCUT2D eigenvalue weighted by Gasteiger charge is -2.33. The quantitative estimate of drug-likeness (QED) is 0.829. The van der Waals surface area contributed by atoms with Gasteiger partial charge in [0.2, 0.25) is 0 Å². The van der Waals surface area contributed by atoms with E-state index in [1.54, 1.807) is 6.92 Å². The molecular weight excluding hydrogens is 236 g/mol. The summed E-state index contributed by atoms with van der Waals surface area (Å²) in [6, 6.07) is 3.95. The molecule has 0 bridgehead atoms. The average Bonchev–Trinajstić information content (AvgIpc) is 2.38. The second-order valence-corrected chi connectivity index (χ2v) is 6.29. The molecule has 1 unspecified atom stereocenters. The Morgan fingerprint density at radius 1 is 1.32 bits per heavy atom. The van der Waals surface area contributed by atoms with Crippen molar-refractivity contribution < 1.29 is 5.11 Å². The van der Waals surface area contributed by atoms with Gasteiger partial charge < -0.3 is 10.0 Å². The summed E-state index contributed by atoms with van der Waals surface area (Å²) in [6.07, 6.45) is 4.81. The Kier molecular flexibility index (Phi) is 3.95. The van der Waals surface area contributed by atoms with Gasteiger partial charge in [-0.15, -0.1) is 0 Å². The molecule has 0 spiro atoms. The van der Waals surface area contributed by atoms with Crippen LogP contribution in [-0.4, -0.2) is 23.2 Å². The molecule has 0 aliphatic carbocycles. The molecule has 1 aromatic heterocycles. The van der Waals surface area contributed by atoms with Crippen LogP contribution < -0.4 is 4.90 Å². The zero-order chi connectivity index (χ0) is 14.0. The second-order valence-electron chi connectivity index (χ2n) is 6.29. The van der Waals surface area contributed by atoms with Crippen LogP contribution in [0.1, 0.15) is 45.9 Å². The lowest BCUT2D eigenvalue weighted by atomic mass is 9.83. The molecule has 104 valence electrons. The Bertz CT molecular complexity index is 455. The highest BCUT2D eigenvalue weighted by Crippen LogP contribution is 2.31. The number of anilines is 1. The third-order valence-corrected chi connectivity index (χ3v) is 3.74. The van der Waals surface area contributed by atoms with E-state index in [-0.39, 0.29) is 5.41 Å². The molecule has 1 aromatic rings. The Morgan fingerprint density at radius 2 is 2.05 bits per heavy atom. The van der Waals surface area contributed by atoms with Crippen LogP contribution in [0.2, 0.25) is 0 Å². The lowest BCUT2D eigenvalue weighted by Crippen LogP contribution is -2.31. The first-order chi connectivity index (χ1) is 8.88. The highest BCUT2D eigenvalue weighted by Gasteiger charge is 2.21. The number of nitrogens with zero attached hydrogens (tertiary/aromatic N) is 2. The number of aromatic nitrogens is 1. The van der Waals surface area contributed by atoms with Gasteiger partial charge in [0.1, 0.15) is 0 Å². The number of aliphatic hydroxyl groups is 1. The fourth-order valence-corrected chi connectivity index (χ4v) is 2.42. The van der Waals surface area contributed by atoms with E-state index in [9.17, 15) is 5.11 Å². The van der Waals surface area contributed by atoms with E-state index in [1.807, 2.05) is 18.3 Å². The molecule has 1 aliphatic rings. The van der Waals surface area contributed by atoms with Crippen molar-refractivity contribution >= 4 is 5.69 Å². The van der Waals surface area contributed by atoms with E-state index in [1.165, 1.54) is 5.57 Å². The fourth-order valence-electron chi connectivity index (χ4n) is 2.42. The van der Waals surface area contributed by atoms with Crippen molar-refractivity contribution in [3.63, 3.8) is 0 Å². The number of rotatable bonds is 2. The second kappa shape index (κ2) is 5.33. The van der Waals surface area contributed by atoms with E-state index >= 15 is 0 Å². The molecule has 0 amide bonds. The molecule has 0 aromatic carbocycles. The van der Waals surface area contributed by atoms with Crippen molar-refractivity contribution in [3.05, 3.63) is 35.7 Å². The zero-order valence-electron chi connectivity index (χ0n) is 12.3. The molecule has 0 saturated carbocycles. The summed E-state index contributed by atoms with van der Waals surface area (Å²) in [5.41, 5.74) is 3.68. The lowest BCUT2D eigenvalue weighted by molar-refractivity contribution is 0.194. The summed E-state index contributed by atoms with van der Waals surface area (Å²) in [4.78, 5) is 6.64. The number of hydrogen-bond acceptors (Lipinski definition) is 3. The number of aliphatic hydroxyl groups excluding tert-OH is 1. The topological polar surface area (TPSA) is 36.4 Å². The Balaban J connectivity index is 2.07. The van der Waals surface area contributed by atoms with Crippen LogP contribution in [0.4, 0.5) is 5.69 Å². The fraction of sp³-hybridized carbons (Fsp3) is 0.562. The maximum Gasteiger partial charge on any atom is 0.0931 e. The molecule has 0 radical (unpaired) electrons. The van der Waals surface area contributed by atoms with Crippen molar-refractivity contribution in [2.75, 3.05) is 18.0 Å². The van der Waals surface area contributed by atoms with Crippen molar-refractivity contribution in [1.82, 2.24) is 4.98 Å². The molecule has 1 atom stereocenters. The van der Waals surface area contributed by atoms with E-state index < -0.39 is 6.10 Å². The van der Waals surface area contributed by atoms with E-state index in [0.717, 1.165) is 30.9 Å². The summed E-state index contributed by atoms with van der Waals surface area (Å²) in [6.45, 7) is 10.5. The maximum absolute atomic E-state index is 9.46. The van der Waals surface area contributed by atoms with Crippen LogP contribution in [0, 0.1) is 5.41 Å². The molecule has 0 saturated heterocycles. The third-order valence-electron chi connectivity index (χ3n) is 3.74. The van der Waals surface area contributed by atoms with E-state index in [2.05, 4.69) is 36.7 Å². The zero-order valence-corrected chi connectivity index (χ0v) is 12.3. The van der Waals surface area contributed by atoms with Gasteiger partial charge in [-0.2, -0.15) is 0 Å². The molecular formula is C16H24N2O. The highest BCUT2D eigenvalue weighted by atomic mass is 16.3. The SMILES string of the molecule is CC(O)c1ccc(N2CC=C(C(C)(C)C)CC2)cn1. The maximum atomic E-state index is 9.46. The van der Waals surface area contributed by atoms with Crippen LogP contribution >= 0.6 is 0 Å². The summed E-state index contributed by atoms with van der Waals surface area (Å²) >= 11 is 0. The van der Waals surface area contributed by atoms with Crippen LogP contribution in [0.15, 0.2) is 30.0 Å². The van der Waals surface area contributed by atoms with E-state index in [4.69, 9.17) is 0 Å². The first kappa shape index (κ1) is 14.1. The number of pyridine rings is 1. The minimum atomic E-state index is -0.497. The summed E-state index contributed by atoms with van der Waals surface area (Å²) in [7, 11) is 0. The molecule has 1 aliphatic heterocycles. The normalized spacial score (nSPS) is 18.2. The molecule has 3 heteroatoms. The van der Waals surface area contributed by atoms with Crippen LogP contribution in [0.3, 0.4) is 0 Å². The van der Waals surface area contributed by atoms with Gasteiger partial charge in [-0.25, -0.2) is 0 Å². The summed E-state index contributed by atoms with van der Waals surface area (Å²) in [5, 5.41) is 9.46. The largest absolute Gasteiger partial charge is 0.387 e. The van der Waals surface area contributed by atoms with Gasteiger partial charge in [0.25, 0.3) is 0 Å². The summed E-state index contributed by atoms with van der Waals surface area (Å²) in [5.74, 6) is 0. The Labute approximate surface area is 116 Å². The first-order valence-electron chi connectivity index (χ1n) is 6.96. The van der Waals surface area contributed by atoms with Crippen molar-refractivity contribution in [3.8, 4) is 0 Å². The number of hydrogen-bond donors (Lipinski definition) is 1. The smallest absolute Gasteiger partial charge is 0.0931 e. The third kappa shape index (κ3) is 3.35. The van der Waals surface area contributed by atoms with E-state index in [0.29, 0.717) is 0 Å². The van der Waals surface area contributed by atoms with Crippen molar-refractivity contribution in [2.24, 2.45) is 5.41 Å². The predicted octanol–water partition coefficient (Wildman–Crippen LogP) is 3.32. The summed E-state index contributed by atoms with van der Waals surface area (Å²) < 4.78 is 0. The van der Waals surface area contributed by atoms with Crippen LogP contribution in [0.25, 0.3) is 0 Å². The van der Waals surface area contributed by atoms with Gasteiger partial charge >= 0.3 is 0 Å². The van der Waals surface area contributed by atoms with Crippen LogP contribution in [-0.2, 0) is 0 Å². The van der Waals surface area contributed by atoms with Gasteiger partial charge in [0.15, 0.2) is 0 Å². The highest BCUT2D eigenvalue weighted by molar-refractivity contribution is 5.47.